The minimum Gasteiger partial charge on any atom is -0.385 e. The number of benzene rings is 1. The van der Waals surface area contributed by atoms with Crippen LogP contribution in [0.25, 0.3) is 16.7 Å². The second-order valence-electron chi connectivity index (χ2n) is 7.34. The zero-order chi connectivity index (χ0) is 21.3. The van der Waals surface area contributed by atoms with Crippen molar-refractivity contribution in [1.29, 1.82) is 0 Å². The summed E-state index contributed by atoms with van der Waals surface area (Å²) in [4.78, 5) is 31.0. The van der Waals surface area contributed by atoms with Crippen molar-refractivity contribution in [2.75, 3.05) is 19.0 Å². The van der Waals surface area contributed by atoms with E-state index in [0.29, 0.717) is 41.9 Å². The normalized spacial score (nSPS) is 11.3. The van der Waals surface area contributed by atoms with Crippen LogP contribution in [0.4, 0.5) is 5.69 Å². The van der Waals surface area contributed by atoms with Crippen LogP contribution in [-0.2, 0) is 11.3 Å². The highest BCUT2D eigenvalue weighted by Crippen LogP contribution is 2.21. The van der Waals surface area contributed by atoms with Gasteiger partial charge >= 0.3 is 0 Å². The standard InChI is InChI=1S/C23H24N4O3/c1-15-8-4-5-10-18(15)24-22(28)19-14-17-21(26(19)12-7-13-30-3)25-20-16(2)9-6-11-27(20)23(17)29/h4-6,8-11,14H,7,12-13H2,1-3H3,(H,24,28). The number of methoxy groups -OCH3 is 1. The second kappa shape index (κ2) is 8.12. The van der Waals surface area contributed by atoms with Gasteiger partial charge in [0.1, 0.15) is 17.0 Å². The van der Waals surface area contributed by atoms with Gasteiger partial charge in [-0.15, -0.1) is 0 Å². The van der Waals surface area contributed by atoms with Gasteiger partial charge in [0.05, 0.1) is 5.39 Å². The van der Waals surface area contributed by atoms with E-state index in [0.717, 1.165) is 16.8 Å². The first-order valence-corrected chi connectivity index (χ1v) is 9.88. The van der Waals surface area contributed by atoms with E-state index in [9.17, 15) is 9.59 Å². The van der Waals surface area contributed by atoms with Crippen molar-refractivity contribution in [1.82, 2.24) is 14.0 Å². The van der Waals surface area contributed by atoms with Crippen molar-refractivity contribution in [3.05, 3.63) is 75.8 Å². The van der Waals surface area contributed by atoms with Gasteiger partial charge in [0.15, 0.2) is 0 Å². The number of hydrogen-bond donors (Lipinski definition) is 1. The first kappa shape index (κ1) is 19.8. The van der Waals surface area contributed by atoms with Crippen molar-refractivity contribution in [2.45, 2.75) is 26.8 Å². The molecule has 0 atom stereocenters. The van der Waals surface area contributed by atoms with Crippen molar-refractivity contribution >= 4 is 28.3 Å². The van der Waals surface area contributed by atoms with Crippen molar-refractivity contribution in [3.63, 3.8) is 0 Å². The summed E-state index contributed by atoms with van der Waals surface area (Å²) in [6.45, 7) is 4.91. The lowest BCUT2D eigenvalue weighted by molar-refractivity contribution is 0.101. The molecule has 0 unspecified atom stereocenters. The largest absolute Gasteiger partial charge is 0.385 e. The summed E-state index contributed by atoms with van der Waals surface area (Å²) in [7, 11) is 1.64. The average Bonchev–Trinajstić information content (AvgIpc) is 3.10. The predicted octanol–water partition coefficient (Wildman–Crippen LogP) is 3.55. The second-order valence-corrected chi connectivity index (χ2v) is 7.34. The van der Waals surface area contributed by atoms with Crippen LogP contribution in [0.1, 0.15) is 28.0 Å². The minimum atomic E-state index is -0.273. The molecule has 4 rings (SSSR count). The van der Waals surface area contributed by atoms with Crippen LogP contribution in [0.5, 0.6) is 0 Å². The third-order valence-electron chi connectivity index (χ3n) is 5.25. The lowest BCUT2D eigenvalue weighted by Crippen LogP contribution is -2.19. The van der Waals surface area contributed by atoms with E-state index in [1.807, 2.05) is 54.8 Å². The van der Waals surface area contributed by atoms with Crippen LogP contribution in [0.2, 0.25) is 0 Å². The van der Waals surface area contributed by atoms with E-state index in [1.54, 1.807) is 19.4 Å². The lowest BCUT2D eigenvalue weighted by Gasteiger charge is -2.12. The Labute approximate surface area is 173 Å². The van der Waals surface area contributed by atoms with Crippen LogP contribution in [0, 0.1) is 13.8 Å². The average molecular weight is 404 g/mol. The van der Waals surface area contributed by atoms with Crippen molar-refractivity contribution in [2.24, 2.45) is 0 Å². The van der Waals surface area contributed by atoms with E-state index in [-0.39, 0.29) is 11.5 Å². The topological polar surface area (TPSA) is 77.6 Å². The molecule has 7 heteroatoms. The van der Waals surface area contributed by atoms with Crippen molar-refractivity contribution in [3.8, 4) is 0 Å². The molecule has 30 heavy (non-hydrogen) atoms. The Balaban J connectivity index is 1.88. The third kappa shape index (κ3) is 3.48. The highest BCUT2D eigenvalue weighted by Gasteiger charge is 2.20. The molecule has 3 heterocycles. The Bertz CT molecular complexity index is 1300. The first-order chi connectivity index (χ1) is 14.5. The smallest absolute Gasteiger partial charge is 0.272 e. The SMILES string of the molecule is COCCCn1c(C(=O)Nc2ccccc2C)cc2c(=O)n3cccc(C)c3nc21. The quantitative estimate of drug-likeness (QED) is 0.499. The van der Waals surface area contributed by atoms with E-state index < -0.39 is 0 Å². The van der Waals surface area contributed by atoms with E-state index in [2.05, 4.69) is 5.32 Å². The molecule has 1 aromatic carbocycles. The van der Waals surface area contributed by atoms with E-state index in [1.165, 1.54) is 4.40 Å². The van der Waals surface area contributed by atoms with Gasteiger partial charge in [0.2, 0.25) is 0 Å². The van der Waals surface area contributed by atoms with E-state index >= 15 is 0 Å². The molecule has 4 aromatic rings. The Kier molecular flexibility index (Phi) is 5.37. The van der Waals surface area contributed by atoms with Gasteiger partial charge in [-0.05, 0) is 49.6 Å². The van der Waals surface area contributed by atoms with Crippen LogP contribution in [0.3, 0.4) is 0 Å². The summed E-state index contributed by atoms with van der Waals surface area (Å²) >= 11 is 0. The van der Waals surface area contributed by atoms with Crippen LogP contribution in [-0.4, -0.2) is 33.6 Å². The van der Waals surface area contributed by atoms with Crippen LogP contribution < -0.4 is 10.9 Å². The number of nitrogens with zero attached hydrogens (tertiary/aromatic N) is 3. The number of ether oxygens (including phenoxy) is 1. The maximum absolute atomic E-state index is 13.2. The summed E-state index contributed by atoms with van der Waals surface area (Å²) in [6, 6.07) is 13.0. The van der Waals surface area contributed by atoms with Gasteiger partial charge in [-0.3, -0.25) is 14.0 Å². The Morgan fingerprint density at radius 1 is 1.10 bits per heavy atom. The Morgan fingerprint density at radius 2 is 1.87 bits per heavy atom. The Hall–Kier alpha value is -3.45. The van der Waals surface area contributed by atoms with Gasteiger partial charge in [0.25, 0.3) is 11.5 Å². The molecule has 0 aliphatic carbocycles. The number of aromatic nitrogens is 3. The molecule has 7 nitrogen and oxygen atoms in total. The maximum atomic E-state index is 13.2. The summed E-state index contributed by atoms with van der Waals surface area (Å²) in [6.07, 6.45) is 2.40. The number of rotatable bonds is 6. The minimum absolute atomic E-state index is 0.186. The molecular formula is C23H24N4O3. The number of fused-ring (bicyclic) bond motifs is 2. The summed E-state index contributed by atoms with van der Waals surface area (Å²) in [5, 5.41) is 3.38. The summed E-state index contributed by atoms with van der Waals surface area (Å²) in [5.41, 5.74) is 3.92. The van der Waals surface area contributed by atoms with Crippen LogP contribution >= 0.6 is 0 Å². The number of aryl methyl sites for hydroxylation is 3. The fourth-order valence-corrected chi connectivity index (χ4v) is 3.64. The zero-order valence-electron chi connectivity index (χ0n) is 17.3. The zero-order valence-corrected chi connectivity index (χ0v) is 17.3. The molecule has 0 bridgehead atoms. The van der Waals surface area contributed by atoms with Gasteiger partial charge in [-0.1, -0.05) is 24.3 Å². The fourth-order valence-electron chi connectivity index (χ4n) is 3.64. The molecular weight excluding hydrogens is 380 g/mol. The molecule has 154 valence electrons. The van der Waals surface area contributed by atoms with Gasteiger partial charge in [-0.2, -0.15) is 0 Å². The maximum Gasteiger partial charge on any atom is 0.272 e. The highest BCUT2D eigenvalue weighted by molar-refractivity contribution is 6.06. The molecule has 1 N–H and O–H groups in total. The molecule has 0 fully saturated rings. The number of anilines is 1. The number of hydrogen-bond acceptors (Lipinski definition) is 4. The fraction of sp³-hybridized carbons (Fsp3) is 0.261. The molecule has 1 amide bonds. The molecule has 0 aliphatic rings. The first-order valence-electron chi connectivity index (χ1n) is 9.88. The third-order valence-corrected chi connectivity index (χ3v) is 5.25. The van der Waals surface area contributed by atoms with E-state index in [4.69, 9.17) is 9.72 Å². The van der Waals surface area contributed by atoms with Crippen LogP contribution in [0.15, 0.2) is 53.5 Å². The predicted molar refractivity (Wildman–Crippen MR) is 117 cm³/mol. The number of carbonyl (C=O) groups excluding carboxylic acids is 1. The Morgan fingerprint density at radius 3 is 2.63 bits per heavy atom. The molecule has 0 spiro atoms. The monoisotopic (exact) mass is 404 g/mol. The van der Waals surface area contributed by atoms with Crippen molar-refractivity contribution < 1.29 is 9.53 Å². The molecule has 0 saturated carbocycles. The highest BCUT2D eigenvalue weighted by atomic mass is 16.5. The van der Waals surface area contributed by atoms with Gasteiger partial charge in [0, 0.05) is 32.1 Å². The summed E-state index contributed by atoms with van der Waals surface area (Å²) in [5.74, 6) is -0.273. The number of para-hydroxylation sites is 1. The molecule has 0 radical (unpaired) electrons. The number of carbonyl (C=O) groups is 1. The lowest BCUT2D eigenvalue weighted by atomic mass is 10.2. The van der Waals surface area contributed by atoms with Gasteiger partial charge < -0.3 is 14.6 Å². The van der Waals surface area contributed by atoms with Gasteiger partial charge in [-0.25, -0.2) is 4.98 Å². The number of pyridine rings is 1. The molecule has 0 aliphatic heterocycles. The number of amides is 1. The molecule has 0 saturated heterocycles. The number of nitrogens with one attached hydrogen (secondary N) is 1. The summed E-state index contributed by atoms with van der Waals surface area (Å²) < 4.78 is 8.52. The molecule has 3 aromatic heterocycles.